The lowest BCUT2D eigenvalue weighted by atomic mass is 10.4. The number of carbonyl (C=O) groups excluding carboxylic acids is 2. The topological polar surface area (TPSA) is 52.6 Å². The molecule has 0 aliphatic rings. The predicted octanol–water partition coefficient (Wildman–Crippen LogP) is 2.03. The van der Waals surface area contributed by atoms with E-state index >= 15 is 0 Å². The van der Waals surface area contributed by atoms with Crippen LogP contribution in [0.25, 0.3) is 0 Å². The second kappa shape index (κ2) is 8.10. The van der Waals surface area contributed by atoms with Gasteiger partial charge in [0.25, 0.3) is 0 Å². The van der Waals surface area contributed by atoms with E-state index in [0.29, 0.717) is 6.42 Å². The lowest BCUT2D eigenvalue weighted by Crippen LogP contribution is -2.18. The normalized spacial score (nSPS) is 14.1. The minimum Gasteiger partial charge on any atom is -0.465 e. The van der Waals surface area contributed by atoms with Crippen molar-refractivity contribution in [2.45, 2.75) is 29.9 Å². The number of carbonyl (C=O) groups is 2. The minimum atomic E-state index is -0.310. The van der Waals surface area contributed by atoms with Gasteiger partial charge in [0, 0.05) is 6.42 Å². The summed E-state index contributed by atoms with van der Waals surface area (Å²) in [7, 11) is 0. The molecule has 0 aromatic rings. The van der Waals surface area contributed by atoms with Gasteiger partial charge in [-0.1, -0.05) is 31.9 Å². The highest BCUT2D eigenvalue weighted by atomic mass is 79.9. The molecule has 0 radical (unpaired) electrons. The summed E-state index contributed by atoms with van der Waals surface area (Å²) in [5.74, 6) is -0.620. The van der Waals surface area contributed by atoms with Crippen molar-refractivity contribution in [3.63, 3.8) is 0 Å². The molecule has 0 aliphatic heterocycles. The highest BCUT2D eigenvalue weighted by molar-refractivity contribution is 9.10. The van der Waals surface area contributed by atoms with E-state index in [9.17, 15) is 9.59 Å². The van der Waals surface area contributed by atoms with Crippen molar-refractivity contribution < 1.29 is 19.1 Å². The average molecular weight is 346 g/mol. The van der Waals surface area contributed by atoms with E-state index in [4.69, 9.17) is 9.47 Å². The van der Waals surface area contributed by atoms with Gasteiger partial charge in [0.2, 0.25) is 0 Å². The van der Waals surface area contributed by atoms with Crippen LogP contribution in [0.3, 0.4) is 0 Å². The van der Waals surface area contributed by atoms with Crippen molar-refractivity contribution in [1.29, 1.82) is 0 Å². The molecule has 6 heteroatoms. The van der Waals surface area contributed by atoms with Gasteiger partial charge in [0.05, 0.1) is 13.2 Å². The molecule has 0 rings (SSSR count). The molecule has 0 heterocycles. The fourth-order valence-corrected chi connectivity index (χ4v) is 0.898. The average Bonchev–Trinajstić information content (AvgIpc) is 2.16. The zero-order chi connectivity index (χ0) is 11.8. The predicted molar refractivity (Wildman–Crippen MR) is 63.3 cm³/mol. The first-order valence-electron chi connectivity index (χ1n) is 4.56. The van der Waals surface area contributed by atoms with Crippen LogP contribution in [0.4, 0.5) is 0 Å². The Hall–Kier alpha value is -0.100. The Bertz CT molecular complexity index is 194. The number of rotatable bonds is 6. The van der Waals surface area contributed by atoms with E-state index in [-0.39, 0.29) is 34.8 Å². The zero-order valence-electron chi connectivity index (χ0n) is 8.66. The molecule has 0 aromatic heterocycles. The third kappa shape index (κ3) is 7.79. The quantitative estimate of drug-likeness (QED) is 0.420. The largest absolute Gasteiger partial charge is 0.465 e. The summed E-state index contributed by atoms with van der Waals surface area (Å²) in [5.41, 5.74) is 0. The number of ether oxygens (including phenoxy) is 2. The first kappa shape index (κ1) is 14.9. The summed E-state index contributed by atoms with van der Waals surface area (Å²) in [6.07, 6.45) is 0.511. The lowest BCUT2D eigenvalue weighted by Gasteiger charge is -2.07. The molecule has 0 N–H and O–H groups in total. The van der Waals surface area contributed by atoms with Gasteiger partial charge in [-0.25, -0.2) is 0 Å². The van der Waals surface area contributed by atoms with Gasteiger partial charge >= 0.3 is 11.9 Å². The number of hydrogen-bond donors (Lipinski definition) is 0. The highest BCUT2D eigenvalue weighted by Gasteiger charge is 2.11. The molecule has 0 fully saturated rings. The third-order valence-electron chi connectivity index (χ3n) is 1.43. The maximum absolute atomic E-state index is 11.0. The third-order valence-corrected chi connectivity index (χ3v) is 2.17. The Morgan fingerprint density at radius 1 is 1.00 bits per heavy atom. The van der Waals surface area contributed by atoms with Crippen LogP contribution in [0.15, 0.2) is 0 Å². The summed E-state index contributed by atoms with van der Waals surface area (Å²) in [4.78, 5) is 21.3. The second-order valence-corrected chi connectivity index (χ2v) is 5.67. The molecule has 0 saturated heterocycles. The molecule has 2 unspecified atom stereocenters. The van der Waals surface area contributed by atoms with Crippen molar-refractivity contribution in [3.05, 3.63) is 0 Å². The Morgan fingerprint density at radius 2 is 1.33 bits per heavy atom. The van der Waals surface area contributed by atoms with Crippen LogP contribution in [0.2, 0.25) is 0 Å². The summed E-state index contributed by atoms with van der Waals surface area (Å²) in [5, 5.41) is 0. The molecule has 0 aliphatic carbocycles. The number of halogens is 2. The Morgan fingerprint density at radius 3 is 1.60 bits per heavy atom. The van der Waals surface area contributed by atoms with Crippen LogP contribution in [-0.2, 0) is 19.1 Å². The molecule has 15 heavy (non-hydrogen) atoms. The molecule has 0 amide bonds. The fraction of sp³-hybridized carbons (Fsp3) is 0.778. The van der Waals surface area contributed by atoms with Crippen molar-refractivity contribution in [2.75, 3.05) is 13.2 Å². The maximum Gasteiger partial charge on any atom is 0.319 e. The molecule has 0 saturated carbocycles. The van der Waals surface area contributed by atoms with Gasteiger partial charge in [-0.15, -0.1) is 0 Å². The van der Waals surface area contributed by atoms with Gasteiger partial charge in [-0.05, 0) is 13.8 Å². The van der Waals surface area contributed by atoms with Crippen LogP contribution >= 0.6 is 31.9 Å². The van der Waals surface area contributed by atoms with Crippen LogP contribution in [-0.4, -0.2) is 34.8 Å². The molecular weight excluding hydrogens is 332 g/mol. The Labute approximate surface area is 106 Å². The van der Waals surface area contributed by atoms with Crippen molar-refractivity contribution in [1.82, 2.24) is 0 Å². The first-order chi connectivity index (χ1) is 6.95. The summed E-state index contributed by atoms with van der Waals surface area (Å²) in [6.45, 7) is 3.90. The zero-order valence-corrected chi connectivity index (χ0v) is 11.8. The SMILES string of the molecule is CC(Br)C(=O)OCCCOC(=O)C(C)Br. The van der Waals surface area contributed by atoms with E-state index < -0.39 is 0 Å². The second-order valence-electron chi connectivity index (χ2n) is 2.92. The lowest BCUT2D eigenvalue weighted by molar-refractivity contribution is -0.145. The Balaban J connectivity index is 3.40. The molecule has 0 spiro atoms. The maximum atomic E-state index is 11.0. The van der Waals surface area contributed by atoms with Crippen LogP contribution in [0.5, 0.6) is 0 Å². The monoisotopic (exact) mass is 344 g/mol. The Kier molecular flexibility index (Phi) is 8.04. The van der Waals surface area contributed by atoms with Crippen LogP contribution in [0.1, 0.15) is 20.3 Å². The van der Waals surface area contributed by atoms with Gasteiger partial charge in [0.15, 0.2) is 0 Å². The standard InChI is InChI=1S/C9H14Br2O4/c1-6(10)8(12)14-4-3-5-15-9(13)7(2)11/h6-7H,3-5H2,1-2H3. The van der Waals surface area contributed by atoms with Gasteiger partial charge in [-0.2, -0.15) is 0 Å². The summed E-state index contributed by atoms with van der Waals surface area (Å²) in [6, 6.07) is 0. The highest BCUT2D eigenvalue weighted by Crippen LogP contribution is 2.02. The number of alkyl halides is 2. The van der Waals surface area contributed by atoms with Crippen LogP contribution < -0.4 is 0 Å². The minimum absolute atomic E-state index is 0.263. The summed E-state index contributed by atoms with van der Waals surface area (Å²) >= 11 is 6.17. The van der Waals surface area contributed by atoms with Gasteiger partial charge < -0.3 is 9.47 Å². The van der Waals surface area contributed by atoms with Gasteiger partial charge in [-0.3, -0.25) is 9.59 Å². The fourth-order valence-electron chi connectivity index (χ4n) is 0.634. The van der Waals surface area contributed by atoms with E-state index in [1.165, 1.54) is 0 Å². The first-order valence-corrected chi connectivity index (χ1v) is 6.39. The van der Waals surface area contributed by atoms with Crippen LogP contribution in [0, 0.1) is 0 Å². The molecule has 0 bridgehead atoms. The van der Waals surface area contributed by atoms with E-state index in [0.717, 1.165) is 0 Å². The molecule has 88 valence electrons. The number of hydrogen-bond acceptors (Lipinski definition) is 4. The number of esters is 2. The molecule has 2 atom stereocenters. The van der Waals surface area contributed by atoms with E-state index in [1.54, 1.807) is 13.8 Å². The van der Waals surface area contributed by atoms with Crippen molar-refractivity contribution >= 4 is 43.8 Å². The van der Waals surface area contributed by atoms with E-state index in [1.807, 2.05) is 0 Å². The smallest absolute Gasteiger partial charge is 0.319 e. The molecular formula is C9H14Br2O4. The summed E-state index contributed by atoms with van der Waals surface area (Å²) < 4.78 is 9.71. The van der Waals surface area contributed by atoms with Crippen molar-refractivity contribution in [2.24, 2.45) is 0 Å². The van der Waals surface area contributed by atoms with Gasteiger partial charge in [0.1, 0.15) is 9.65 Å². The van der Waals surface area contributed by atoms with E-state index in [2.05, 4.69) is 31.9 Å². The van der Waals surface area contributed by atoms with Crippen molar-refractivity contribution in [3.8, 4) is 0 Å². The molecule has 0 aromatic carbocycles. The molecule has 4 nitrogen and oxygen atoms in total.